The molecule has 0 fully saturated rings. The van der Waals surface area contributed by atoms with Crippen LogP contribution in [0, 0.1) is 0 Å². The van der Waals surface area contributed by atoms with Crippen molar-refractivity contribution in [3.8, 4) is 0 Å². The summed E-state index contributed by atoms with van der Waals surface area (Å²) < 4.78 is 0. The maximum absolute atomic E-state index is 11.4. The van der Waals surface area contributed by atoms with Gasteiger partial charge in [0.2, 0.25) is 0 Å². The number of carboxylic acids is 2. The van der Waals surface area contributed by atoms with Crippen molar-refractivity contribution in [3.63, 3.8) is 0 Å². The van der Waals surface area contributed by atoms with Crippen LogP contribution in [0.1, 0.15) is 95.0 Å². The van der Waals surface area contributed by atoms with E-state index in [1.807, 2.05) is 30.3 Å². The maximum atomic E-state index is 11.4. The molecule has 4 nitrogen and oxygen atoms in total. The van der Waals surface area contributed by atoms with Crippen molar-refractivity contribution in [2.75, 3.05) is 0 Å². The van der Waals surface area contributed by atoms with Gasteiger partial charge in [-0.1, -0.05) is 94.5 Å². The molecule has 0 amide bonds. The average Bonchev–Trinajstić information content (AvgIpc) is 2.62. The molecule has 0 radical (unpaired) electrons. The van der Waals surface area contributed by atoms with Gasteiger partial charge >= 0.3 is 11.9 Å². The summed E-state index contributed by atoms with van der Waals surface area (Å²) in [6.45, 7) is 0. The largest absolute Gasteiger partial charge is 0.481 e. The average molecular weight is 363 g/mol. The Balaban J connectivity index is 1.95. The molecule has 0 aliphatic carbocycles. The predicted octanol–water partition coefficient (Wildman–Crippen LogP) is 6.01. The van der Waals surface area contributed by atoms with Crippen molar-refractivity contribution in [1.82, 2.24) is 0 Å². The van der Waals surface area contributed by atoms with Crippen LogP contribution in [0.25, 0.3) is 0 Å². The Morgan fingerprint density at radius 1 is 0.692 bits per heavy atom. The Morgan fingerprint density at radius 3 is 1.62 bits per heavy atom. The molecule has 1 atom stereocenters. The summed E-state index contributed by atoms with van der Waals surface area (Å²) in [4.78, 5) is 21.8. The monoisotopic (exact) mass is 362 g/mol. The van der Waals surface area contributed by atoms with Crippen molar-refractivity contribution >= 4 is 11.9 Å². The van der Waals surface area contributed by atoms with Gasteiger partial charge in [0.05, 0.1) is 5.92 Å². The second-order valence-corrected chi connectivity index (χ2v) is 7.12. The van der Waals surface area contributed by atoms with Crippen LogP contribution in [0.4, 0.5) is 0 Å². The number of benzene rings is 1. The predicted molar refractivity (Wildman–Crippen MR) is 104 cm³/mol. The van der Waals surface area contributed by atoms with E-state index in [1.165, 1.54) is 38.5 Å². The second kappa shape index (κ2) is 14.3. The summed E-state index contributed by atoms with van der Waals surface area (Å²) in [6, 6.07) is 9.52. The number of unbranched alkanes of at least 4 members (excludes halogenated alkanes) is 10. The van der Waals surface area contributed by atoms with E-state index in [2.05, 4.69) is 0 Å². The molecule has 1 rings (SSSR count). The van der Waals surface area contributed by atoms with E-state index in [0.29, 0.717) is 6.42 Å². The Bertz CT molecular complexity index is 498. The third-order valence-corrected chi connectivity index (χ3v) is 4.88. The molecule has 0 aliphatic rings. The highest BCUT2D eigenvalue weighted by atomic mass is 16.4. The Hall–Kier alpha value is -1.84. The molecule has 0 saturated heterocycles. The third kappa shape index (κ3) is 10.9. The smallest absolute Gasteiger partial charge is 0.310 e. The lowest BCUT2D eigenvalue weighted by molar-refractivity contribution is -0.139. The molecule has 0 saturated carbocycles. The zero-order valence-corrected chi connectivity index (χ0v) is 15.9. The molecule has 1 aromatic carbocycles. The quantitative estimate of drug-likeness (QED) is 0.353. The van der Waals surface area contributed by atoms with Crippen LogP contribution in [0.3, 0.4) is 0 Å². The molecular formula is C22H34O4. The molecule has 0 heterocycles. The molecular weight excluding hydrogens is 328 g/mol. The molecule has 0 spiro atoms. The summed E-state index contributed by atoms with van der Waals surface area (Å²) >= 11 is 0. The van der Waals surface area contributed by atoms with Gasteiger partial charge in [0.25, 0.3) is 0 Å². The molecule has 1 aromatic rings. The Kier molecular flexibility index (Phi) is 12.2. The topological polar surface area (TPSA) is 74.6 Å². The lowest BCUT2D eigenvalue weighted by atomic mass is 9.93. The van der Waals surface area contributed by atoms with Crippen LogP contribution in [0.2, 0.25) is 0 Å². The fraction of sp³-hybridized carbons (Fsp3) is 0.636. The number of carbonyl (C=O) groups is 2. The number of carboxylic acid groups (broad SMARTS) is 2. The molecule has 2 N–H and O–H groups in total. The van der Waals surface area contributed by atoms with Crippen LogP contribution < -0.4 is 0 Å². The minimum Gasteiger partial charge on any atom is -0.481 e. The van der Waals surface area contributed by atoms with Crippen molar-refractivity contribution in [3.05, 3.63) is 35.9 Å². The fourth-order valence-corrected chi connectivity index (χ4v) is 3.33. The summed E-state index contributed by atoms with van der Waals surface area (Å²) in [5.74, 6) is -1.79. The third-order valence-electron chi connectivity index (χ3n) is 4.88. The van der Waals surface area contributed by atoms with Crippen molar-refractivity contribution in [2.45, 2.75) is 89.4 Å². The van der Waals surface area contributed by atoms with Crippen molar-refractivity contribution in [2.24, 2.45) is 0 Å². The molecule has 0 bridgehead atoms. The first-order valence-corrected chi connectivity index (χ1v) is 10.1. The minimum atomic E-state index is -0.723. The SMILES string of the molecule is O=C(O)CCCCCCCCCCCCCC(C(=O)O)c1ccccc1. The summed E-state index contributed by atoms with van der Waals surface area (Å²) in [5.41, 5.74) is 0.906. The first-order valence-electron chi connectivity index (χ1n) is 10.1. The first-order chi connectivity index (χ1) is 12.6. The van der Waals surface area contributed by atoms with E-state index in [0.717, 1.165) is 44.1 Å². The summed E-state index contributed by atoms with van der Waals surface area (Å²) in [5, 5.41) is 18.0. The number of rotatable bonds is 16. The minimum absolute atomic E-state index is 0.299. The normalized spacial score (nSPS) is 12.0. The van der Waals surface area contributed by atoms with Gasteiger partial charge in [-0.15, -0.1) is 0 Å². The Labute approximate surface area is 157 Å². The molecule has 26 heavy (non-hydrogen) atoms. The van der Waals surface area contributed by atoms with Crippen LogP contribution in [-0.2, 0) is 9.59 Å². The second-order valence-electron chi connectivity index (χ2n) is 7.12. The first kappa shape index (κ1) is 22.2. The van der Waals surface area contributed by atoms with E-state index in [4.69, 9.17) is 5.11 Å². The van der Waals surface area contributed by atoms with Gasteiger partial charge in [0.1, 0.15) is 0 Å². The van der Waals surface area contributed by atoms with Crippen LogP contribution in [0.5, 0.6) is 0 Å². The van der Waals surface area contributed by atoms with Crippen molar-refractivity contribution < 1.29 is 19.8 Å². The fourth-order valence-electron chi connectivity index (χ4n) is 3.33. The van der Waals surface area contributed by atoms with Crippen LogP contribution >= 0.6 is 0 Å². The van der Waals surface area contributed by atoms with Gasteiger partial charge in [-0.05, 0) is 18.4 Å². The van der Waals surface area contributed by atoms with E-state index >= 15 is 0 Å². The van der Waals surface area contributed by atoms with E-state index < -0.39 is 11.9 Å². The Morgan fingerprint density at radius 2 is 1.15 bits per heavy atom. The van der Waals surface area contributed by atoms with E-state index in [1.54, 1.807) is 0 Å². The molecule has 0 aliphatic heterocycles. The van der Waals surface area contributed by atoms with E-state index in [-0.39, 0.29) is 5.92 Å². The van der Waals surface area contributed by atoms with Gasteiger partial charge in [0, 0.05) is 6.42 Å². The lowest BCUT2D eigenvalue weighted by Crippen LogP contribution is -2.11. The zero-order valence-electron chi connectivity index (χ0n) is 15.9. The van der Waals surface area contributed by atoms with Crippen LogP contribution in [0.15, 0.2) is 30.3 Å². The van der Waals surface area contributed by atoms with Crippen LogP contribution in [-0.4, -0.2) is 22.2 Å². The van der Waals surface area contributed by atoms with Gasteiger partial charge < -0.3 is 10.2 Å². The lowest BCUT2D eigenvalue weighted by Gasteiger charge is -2.12. The summed E-state index contributed by atoms with van der Waals surface area (Å²) in [7, 11) is 0. The number of hydrogen-bond donors (Lipinski definition) is 2. The molecule has 1 unspecified atom stereocenters. The molecule has 4 heteroatoms. The molecule has 0 aromatic heterocycles. The maximum Gasteiger partial charge on any atom is 0.310 e. The zero-order chi connectivity index (χ0) is 19.0. The van der Waals surface area contributed by atoms with Crippen molar-refractivity contribution in [1.29, 1.82) is 0 Å². The summed E-state index contributed by atoms with van der Waals surface area (Å²) in [6.07, 6.45) is 13.4. The van der Waals surface area contributed by atoms with Gasteiger partial charge in [0.15, 0.2) is 0 Å². The van der Waals surface area contributed by atoms with Gasteiger partial charge in [-0.2, -0.15) is 0 Å². The highest BCUT2D eigenvalue weighted by molar-refractivity contribution is 5.75. The molecule has 146 valence electrons. The van der Waals surface area contributed by atoms with E-state index in [9.17, 15) is 14.7 Å². The highest BCUT2D eigenvalue weighted by Crippen LogP contribution is 2.23. The standard InChI is InChI=1S/C22H34O4/c23-21(24)18-14-9-7-5-3-1-2-4-6-8-13-17-20(22(25)26)19-15-11-10-12-16-19/h10-12,15-16,20H,1-9,13-14,17-18H2,(H,23,24)(H,25,26). The highest BCUT2D eigenvalue weighted by Gasteiger charge is 2.18. The van der Waals surface area contributed by atoms with Gasteiger partial charge in [-0.3, -0.25) is 9.59 Å². The number of aliphatic carboxylic acids is 2. The number of hydrogen-bond acceptors (Lipinski definition) is 2. The van der Waals surface area contributed by atoms with Gasteiger partial charge in [-0.25, -0.2) is 0 Å².